The fraction of sp³-hybridized carbons (Fsp3) is 0.214. The minimum absolute atomic E-state index is 0.0415. The van der Waals surface area contributed by atoms with Crippen LogP contribution in [0.15, 0.2) is 40.6 Å². The fourth-order valence-corrected chi connectivity index (χ4v) is 2.58. The molecule has 0 atom stereocenters. The number of hydrogen-bond acceptors (Lipinski definition) is 6. The summed E-state index contributed by atoms with van der Waals surface area (Å²) < 4.78 is 11.8. The average molecular weight is 319 g/mol. The number of carbonyl (C=O) groups is 2. The van der Waals surface area contributed by atoms with E-state index in [0.29, 0.717) is 11.5 Å². The van der Waals surface area contributed by atoms with Crippen LogP contribution >= 0.6 is 11.3 Å². The highest BCUT2D eigenvalue weighted by Crippen LogP contribution is 2.11. The second kappa shape index (κ2) is 6.44. The maximum absolute atomic E-state index is 11.7. The van der Waals surface area contributed by atoms with E-state index in [1.165, 1.54) is 17.6 Å². The molecule has 3 aromatic heterocycles. The number of hydrogen-bond donors (Lipinski definition) is 1. The number of ether oxygens (including phenoxy) is 1. The predicted octanol–water partition coefficient (Wildman–Crippen LogP) is 1.39. The second-order valence-corrected chi connectivity index (χ2v) is 5.39. The van der Waals surface area contributed by atoms with Crippen molar-refractivity contribution in [1.29, 1.82) is 0 Å². The lowest BCUT2D eigenvalue weighted by Gasteiger charge is -2.04. The fourth-order valence-electron chi connectivity index (χ4n) is 1.86. The third-order valence-corrected chi connectivity index (χ3v) is 3.64. The van der Waals surface area contributed by atoms with Crippen molar-refractivity contribution >= 4 is 28.2 Å². The summed E-state index contributed by atoms with van der Waals surface area (Å²) >= 11 is 1.49. The molecule has 0 fully saturated rings. The molecular formula is C14H13N3O4S. The molecule has 1 N–H and O–H groups in total. The van der Waals surface area contributed by atoms with Gasteiger partial charge in [0.2, 0.25) is 0 Å². The summed E-state index contributed by atoms with van der Waals surface area (Å²) in [5.41, 5.74) is 0.618. The van der Waals surface area contributed by atoms with Gasteiger partial charge >= 0.3 is 5.97 Å². The zero-order valence-electron chi connectivity index (χ0n) is 11.5. The van der Waals surface area contributed by atoms with Gasteiger partial charge in [-0.05, 0) is 12.1 Å². The summed E-state index contributed by atoms with van der Waals surface area (Å²) in [6.07, 6.45) is 5.20. The van der Waals surface area contributed by atoms with Crippen LogP contribution < -0.4 is 5.32 Å². The van der Waals surface area contributed by atoms with Crippen LogP contribution in [0.25, 0.3) is 4.96 Å². The summed E-state index contributed by atoms with van der Waals surface area (Å²) in [4.78, 5) is 28.3. The van der Waals surface area contributed by atoms with E-state index in [4.69, 9.17) is 9.15 Å². The van der Waals surface area contributed by atoms with E-state index < -0.39 is 5.97 Å². The Bertz CT molecular complexity index is 747. The van der Waals surface area contributed by atoms with Crippen molar-refractivity contribution in [1.82, 2.24) is 14.7 Å². The number of aromatic nitrogens is 2. The van der Waals surface area contributed by atoms with Crippen LogP contribution in [-0.4, -0.2) is 27.9 Å². The van der Waals surface area contributed by atoms with Gasteiger partial charge in [0.25, 0.3) is 5.91 Å². The summed E-state index contributed by atoms with van der Waals surface area (Å²) in [6, 6.07) is 3.48. The summed E-state index contributed by atoms with van der Waals surface area (Å²) in [5, 5.41) is 4.50. The number of amides is 1. The Morgan fingerprint density at radius 1 is 1.45 bits per heavy atom. The largest absolute Gasteiger partial charge is 0.467 e. The molecule has 1 amide bonds. The van der Waals surface area contributed by atoms with Crippen molar-refractivity contribution in [2.75, 3.05) is 6.61 Å². The molecule has 0 bridgehead atoms. The smallest absolute Gasteiger partial charge is 0.312 e. The van der Waals surface area contributed by atoms with Gasteiger partial charge in [-0.15, -0.1) is 11.3 Å². The zero-order chi connectivity index (χ0) is 15.4. The van der Waals surface area contributed by atoms with Gasteiger partial charge in [-0.2, -0.15) is 0 Å². The number of nitrogens with one attached hydrogen (secondary N) is 1. The summed E-state index contributed by atoms with van der Waals surface area (Å²) in [5.74, 6) is -0.229. The van der Waals surface area contributed by atoms with Gasteiger partial charge in [0, 0.05) is 17.8 Å². The first-order chi connectivity index (χ1) is 10.7. The molecule has 114 valence electrons. The maximum Gasteiger partial charge on any atom is 0.312 e. The number of furan rings is 1. The normalized spacial score (nSPS) is 10.7. The minimum atomic E-state index is -0.487. The Labute approximate surface area is 129 Å². The highest BCUT2D eigenvalue weighted by molar-refractivity contribution is 7.15. The average Bonchev–Trinajstić information content (AvgIpc) is 3.19. The van der Waals surface area contributed by atoms with Crippen molar-refractivity contribution in [3.05, 3.63) is 47.6 Å². The van der Waals surface area contributed by atoms with Crippen molar-refractivity contribution in [2.24, 2.45) is 0 Å². The molecule has 0 spiro atoms. The Hall–Kier alpha value is -2.61. The van der Waals surface area contributed by atoms with Crippen LogP contribution in [0.1, 0.15) is 11.5 Å². The predicted molar refractivity (Wildman–Crippen MR) is 78.3 cm³/mol. The van der Waals surface area contributed by atoms with Crippen molar-refractivity contribution < 1.29 is 18.7 Å². The number of rotatable bonds is 6. The number of carbonyl (C=O) groups excluding carboxylic acids is 2. The molecule has 8 heteroatoms. The lowest BCUT2D eigenvalue weighted by atomic mass is 10.3. The van der Waals surface area contributed by atoms with E-state index in [1.807, 2.05) is 16.0 Å². The first kappa shape index (κ1) is 14.3. The maximum atomic E-state index is 11.7. The van der Waals surface area contributed by atoms with E-state index in [0.717, 1.165) is 4.96 Å². The monoisotopic (exact) mass is 319 g/mol. The molecule has 3 heterocycles. The van der Waals surface area contributed by atoms with E-state index in [1.54, 1.807) is 18.3 Å². The standard InChI is InChI=1S/C14H13N3O4S/c18-12(15-7-11-2-1-4-20-11)9-21-13(19)6-10-8-17-3-5-22-14(17)16-10/h1-5,8H,6-7,9H2,(H,15,18). The second-order valence-electron chi connectivity index (χ2n) is 4.52. The number of esters is 1. The Balaban J connectivity index is 1.41. The molecule has 0 saturated carbocycles. The van der Waals surface area contributed by atoms with Crippen LogP contribution in [0.2, 0.25) is 0 Å². The lowest BCUT2D eigenvalue weighted by Crippen LogP contribution is -2.28. The van der Waals surface area contributed by atoms with E-state index in [9.17, 15) is 9.59 Å². The van der Waals surface area contributed by atoms with Crippen LogP contribution in [0.3, 0.4) is 0 Å². The molecule has 0 aliphatic heterocycles. The topological polar surface area (TPSA) is 85.8 Å². The first-order valence-corrected chi connectivity index (χ1v) is 7.44. The molecule has 0 unspecified atom stereocenters. The number of nitrogens with zero attached hydrogens (tertiary/aromatic N) is 2. The minimum Gasteiger partial charge on any atom is -0.467 e. The highest BCUT2D eigenvalue weighted by Gasteiger charge is 2.11. The molecule has 0 aromatic carbocycles. The number of fused-ring (bicyclic) bond motifs is 1. The third kappa shape index (κ3) is 3.53. The van der Waals surface area contributed by atoms with Gasteiger partial charge < -0.3 is 14.5 Å². The van der Waals surface area contributed by atoms with Crippen LogP contribution in [0, 0.1) is 0 Å². The molecule has 7 nitrogen and oxygen atoms in total. The lowest BCUT2D eigenvalue weighted by molar-refractivity contribution is -0.148. The van der Waals surface area contributed by atoms with Gasteiger partial charge in [-0.25, -0.2) is 4.98 Å². The van der Waals surface area contributed by atoms with Gasteiger partial charge in [0.05, 0.1) is 24.9 Å². The van der Waals surface area contributed by atoms with Crippen LogP contribution in [0.4, 0.5) is 0 Å². The van der Waals surface area contributed by atoms with E-state index in [2.05, 4.69) is 10.3 Å². The van der Waals surface area contributed by atoms with Crippen molar-refractivity contribution in [2.45, 2.75) is 13.0 Å². The Morgan fingerprint density at radius 2 is 2.36 bits per heavy atom. The molecule has 0 radical (unpaired) electrons. The van der Waals surface area contributed by atoms with Gasteiger partial charge in [-0.1, -0.05) is 0 Å². The summed E-state index contributed by atoms with van der Waals surface area (Å²) in [6.45, 7) is -0.0531. The molecule has 0 aliphatic rings. The zero-order valence-corrected chi connectivity index (χ0v) is 12.3. The number of imidazole rings is 1. The van der Waals surface area contributed by atoms with Crippen LogP contribution in [-0.2, 0) is 27.3 Å². The van der Waals surface area contributed by atoms with Crippen molar-refractivity contribution in [3.63, 3.8) is 0 Å². The molecule has 0 saturated heterocycles. The Kier molecular flexibility index (Phi) is 4.19. The summed E-state index contributed by atoms with van der Waals surface area (Å²) in [7, 11) is 0. The van der Waals surface area contributed by atoms with Crippen LogP contribution in [0.5, 0.6) is 0 Å². The molecular weight excluding hydrogens is 306 g/mol. The highest BCUT2D eigenvalue weighted by atomic mass is 32.1. The Morgan fingerprint density at radius 3 is 3.14 bits per heavy atom. The quantitative estimate of drug-likeness (QED) is 0.694. The molecule has 0 aliphatic carbocycles. The van der Waals surface area contributed by atoms with Gasteiger partial charge in [0.15, 0.2) is 11.6 Å². The molecule has 3 rings (SSSR count). The first-order valence-electron chi connectivity index (χ1n) is 6.56. The number of thiazole rings is 1. The van der Waals surface area contributed by atoms with Gasteiger partial charge in [-0.3, -0.25) is 14.0 Å². The SMILES string of the molecule is O=C(COC(=O)Cc1cn2ccsc2n1)NCc1ccco1. The van der Waals surface area contributed by atoms with E-state index >= 15 is 0 Å². The molecule has 22 heavy (non-hydrogen) atoms. The molecule has 3 aromatic rings. The third-order valence-electron chi connectivity index (χ3n) is 2.87. The van der Waals surface area contributed by atoms with Gasteiger partial charge in [0.1, 0.15) is 5.76 Å². The van der Waals surface area contributed by atoms with Crippen molar-refractivity contribution in [3.8, 4) is 0 Å². The van der Waals surface area contributed by atoms with E-state index in [-0.39, 0.29) is 25.5 Å².